The Bertz CT molecular complexity index is 279. The van der Waals surface area contributed by atoms with Gasteiger partial charge in [-0.25, -0.2) is 13.1 Å². The average molecular weight is 283 g/mol. The van der Waals surface area contributed by atoms with Crippen LogP contribution < -0.4 is 4.72 Å². The number of rotatable bonds is 10. The van der Waals surface area contributed by atoms with Gasteiger partial charge >= 0.3 is 0 Å². The Hall–Kier alpha value is 0.220. The zero-order valence-corrected chi connectivity index (χ0v) is 12.7. The SMILES string of the molecule is CCC(CC)(CNS(=O)(=O)CCCCO)SC. The van der Waals surface area contributed by atoms with E-state index in [2.05, 4.69) is 18.6 Å². The summed E-state index contributed by atoms with van der Waals surface area (Å²) in [6.45, 7) is 4.71. The number of unbranched alkanes of at least 4 members (excludes halogenated alkanes) is 1. The Kier molecular flexibility index (Phi) is 8.45. The second-order valence-corrected chi connectivity index (χ2v) is 7.37. The molecule has 0 aliphatic heterocycles. The molecule has 0 amide bonds. The molecule has 4 nitrogen and oxygen atoms in total. The Balaban J connectivity index is 4.24. The van der Waals surface area contributed by atoms with Crippen LogP contribution in [-0.2, 0) is 10.0 Å². The molecule has 0 unspecified atom stereocenters. The van der Waals surface area contributed by atoms with Crippen LogP contribution in [0.25, 0.3) is 0 Å². The van der Waals surface area contributed by atoms with Gasteiger partial charge in [-0.05, 0) is 31.9 Å². The lowest BCUT2D eigenvalue weighted by Gasteiger charge is -2.29. The van der Waals surface area contributed by atoms with Crippen molar-refractivity contribution in [3.05, 3.63) is 0 Å². The second kappa shape index (κ2) is 8.34. The van der Waals surface area contributed by atoms with E-state index < -0.39 is 10.0 Å². The number of sulfonamides is 1. The van der Waals surface area contributed by atoms with E-state index in [0.29, 0.717) is 19.4 Å². The zero-order chi connectivity index (χ0) is 13.4. The van der Waals surface area contributed by atoms with Crippen molar-refractivity contribution in [1.82, 2.24) is 4.72 Å². The molecule has 0 aliphatic rings. The van der Waals surface area contributed by atoms with Crippen molar-refractivity contribution in [3.8, 4) is 0 Å². The quantitative estimate of drug-likeness (QED) is 0.598. The monoisotopic (exact) mass is 283 g/mol. The van der Waals surface area contributed by atoms with Crippen molar-refractivity contribution >= 4 is 21.8 Å². The number of nitrogens with one attached hydrogen (secondary N) is 1. The number of aliphatic hydroxyl groups is 1. The van der Waals surface area contributed by atoms with E-state index in [9.17, 15) is 8.42 Å². The van der Waals surface area contributed by atoms with Gasteiger partial charge in [-0.1, -0.05) is 13.8 Å². The van der Waals surface area contributed by atoms with Crippen molar-refractivity contribution in [2.45, 2.75) is 44.3 Å². The third-order valence-corrected chi connectivity index (χ3v) is 6.16. The first-order chi connectivity index (χ1) is 7.95. The summed E-state index contributed by atoms with van der Waals surface area (Å²) in [5, 5.41) is 8.62. The summed E-state index contributed by atoms with van der Waals surface area (Å²) in [7, 11) is -3.19. The molecule has 0 bridgehead atoms. The summed E-state index contributed by atoms with van der Waals surface area (Å²) in [6.07, 6.45) is 4.97. The number of hydrogen-bond donors (Lipinski definition) is 2. The van der Waals surface area contributed by atoms with Crippen molar-refractivity contribution < 1.29 is 13.5 Å². The molecule has 0 aromatic carbocycles. The third kappa shape index (κ3) is 6.64. The fraction of sp³-hybridized carbons (Fsp3) is 1.00. The van der Waals surface area contributed by atoms with Crippen molar-refractivity contribution in [2.24, 2.45) is 0 Å². The fourth-order valence-electron chi connectivity index (χ4n) is 1.58. The van der Waals surface area contributed by atoms with E-state index in [1.165, 1.54) is 0 Å². The Morgan fingerprint density at radius 2 is 1.82 bits per heavy atom. The van der Waals surface area contributed by atoms with Crippen LogP contribution in [0.4, 0.5) is 0 Å². The molecular formula is C11H25NO3S2. The molecular weight excluding hydrogens is 258 g/mol. The van der Waals surface area contributed by atoms with Crippen LogP contribution in [0.15, 0.2) is 0 Å². The maximum absolute atomic E-state index is 11.7. The summed E-state index contributed by atoms with van der Waals surface area (Å²) >= 11 is 1.72. The lowest BCUT2D eigenvalue weighted by molar-refractivity contribution is 0.287. The van der Waals surface area contributed by atoms with Gasteiger partial charge in [0.25, 0.3) is 0 Å². The molecule has 0 saturated heterocycles. The maximum atomic E-state index is 11.7. The van der Waals surface area contributed by atoms with Gasteiger partial charge in [-0.3, -0.25) is 0 Å². The average Bonchev–Trinajstić information content (AvgIpc) is 2.32. The minimum absolute atomic E-state index is 0.00402. The minimum atomic E-state index is -3.19. The Labute approximate surface area is 110 Å². The van der Waals surface area contributed by atoms with E-state index in [1.54, 1.807) is 11.8 Å². The summed E-state index contributed by atoms with van der Waals surface area (Å²) < 4.78 is 26.1. The number of hydrogen-bond acceptors (Lipinski definition) is 4. The smallest absolute Gasteiger partial charge is 0.211 e. The van der Waals surface area contributed by atoms with Crippen LogP contribution in [0.5, 0.6) is 0 Å². The molecule has 0 saturated carbocycles. The highest BCUT2D eigenvalue weighted by Crippen LogP contribution is 2.29. The predicted molar refractivity (Wildman–Crippen MR) is 74.9 cm³/mol. The van der Waals surface area contributed by atoms with Gasteiger partial charge in [0.15, 0.2) is 0 Å². The first-order valence-corrected chi connectivity index (χ1v) is 8.96. The largest absolute Gasteiger partial charge is 0.396 e. The lowest BCUT2D eigenvalue weighted by atomic mass is 10.0. The number of aliphatic hydroxyl groups excluding tert-OH is 1. The molecule has 0 radical (unpaired) electrons. The van der Waals surface area contributed by atoms with E-state index >= 15 is 0 Å². The first kappa shape index (κ1) is 17.2. The van der Waals surface area contributed by atoms with Crippen LogP contribution in [-0.4, -0.2) is 43.4 Å². The summed E-state index contributed by atoms with van der Waals surface area (Å²) in [5.41, 5.74) is 0. The van der Waals surface area contributed by atoms with Crippen LogP contribution >= 0.6 is 11.8 Å². The van der Waals surface area contributed by atoms with Gasteiger partial charge < -0.3 is 5.11 Å². The van der Waals surface area contributed by atoms with Gasteiger partial charge in [-0.15, -0.1) is 0 Å². The highest BCUT2D eigenvalue weighted by Gasteiger charge is 2.26. The highest BCUT2D eigenvalue weighted by atomic mass is 32.2. The standard InChI is InChI=1S/C11H25NO3S2/c1-4-11(5-2,16-3)10-12-17(14,15)9-7-6-8-13/h12-13H,4-10H2,1-3H3. The molecule has 0 aromatic heterocycles. The molecule has 2 N–H and O–H groups in total. The van der Waals surface area contributed by atoms with Crippen LogP contribution in [0.2, 0.25) is 0 Å². The molecule has 0 atom stereocenters. The first-order valence-electron chi connectivity index (χ1n) is 6.08. The molecule has 0 spiro atoms. The van der Waals surface area contributed by atoms with Crippen LogP contribution in [0.3, 0.4) is 0 Å². The van der Waals surface area contributed by atoms with E-state index in [0.717, 1.165) is 12.8 Å². The molecule has 104 valence electrons. The van der Waals surface area contributed by atoms with Crippen molar-refractivity contribution in [2.75, 3.05) is 25.2 Å². The van der Waals surface area contributed by atoms with Gasteiger partial charge in [0, 0.05) is 17.9 Å². The fourth-order valence-corrected chi connectivity index (χ4v) is 3.69. The second-order valence-electron chi connectivity index (χ2n) is 4.16. The summed E-state index contributed by atoms with van der Waals surface area (Å²) in [6, 6.07) is 0. The van der Waals surface area contributed by atoms with Gasteiger partial charge in [0.2, 0.25) is 10.0 Å². The van der Waals surface area contributed by atoms with Crippen molar-refractivity contribution in [3.63, 3.8) is 0 Å². The molecule has 6 heteroatoms. The normalized spacial score (nSPS) is 12.9. The molecule has 0 aliphatic carbocycles. The molecule has 0 rings (SSSR count). The minimum Gasteiger partial charge on any atom is -0.396 e. The van der Waals surface area contributed by atoms with E-state index in [4.69, 9.17) is 5.11 Å². The topological polar surface area (TPSA) is 66.4 Å². The highest BCUT2D eigenvalue weighted by molar-refractivity contribution is 8.00. The zero-order valence-electron chi connectivity index (χ0n) is 11.0. The van der Waals surface area contributed by atoms with Crippen molar-refractivity contribution in [1.29, 1.82) is 0 Å². The third-order valence-electron chi connectivity index (χ3n) is 3.16. The molecule has 0 aromatic rings. The summed E-state index contributed by atoms with van der Waals surface area (Å²) in [5.74, 6) is 0.103. The van der Waals surface area contributed by atoms with E-state index in [1.807, 2.05) is 6.26 Å². The van der Waals surface area contributed by atoms with Crippen LogP contribution in [0.1, 0.15) is 39.5 Å². The Morgan fingerprint density at radius 1 is 1.24 bits per heavy atom. The molecule has 0 fully saturated rings. The van der Waals surface area contributed by atoms with Gasteiger partial charge in [0.1, 0.15) is 0 Å². The molecule has 0 heterocycles. The molecule has 17 heavy (non-hydrogen) atoms. The van der Waals surface area contributed by atoms with E-state index in [-0.39, 0.29) is 17.1 Å². The summed E-state index contributed by atoms with van der Waals surface area (Å²) in [4.78, 5) is 0. The lowest BCUT2D eigenvalue weighted by Crippen LogP contribution is -2.40. The maximum Gasteiger partial charge on any atom is 0.211 e. The van der Waals surface area contributed by atoms with Crippen LogP contribution in [0, 0.1) is 0 Å². The van der Waals surface area contributed by atoms with Gasteiger partial charge in [-0.2, -0.15) is 11.8 Å². The number of thioether (sulfide) groups is 1. The Morgan fingerprint density at radius 3 is 2.24 bits per heavy atom. The predicted octanol–water partition coefficient (Wildman–Crippen LogP) is 1.60. The van der Waals surface area contributed by atoms with Gasteiger partial charge in [0.05, 0.1) is 5.75 Å².